The second kappa shape index (κ2) is 13.9. The van der Waals surface area contributed by atoms with Crippen molar-refractivity contribution in [2.24, 2.45) is 35.5 Å². The van der Waals surface area contributed by atoms with E-state index in [0.29, 0.717) is 0 Å². The zero-order valence-corrected chi connectivity index (χ0v) is 22.6. The maximum Gasteiger partial charge on any atom is -0.0188 e. The van der Waals surface area contributed by atoms with Crippen LogP contribution in [-0.2, 0) is 0 Å². The molecule has 3 fully saturated rings. The normalized spacial score (nSPS) is 33.7. The Balaban J connectivity index is 1.07. The third kappa shape index (κ3) is 7.99. The van der Waals surface area contributed by atoms with E-state index in [4.69, 9.17) is 0 Å². The van der Waals surface area contributed by atoms with E-state index in [0.717, 1.165) is 41.4 Å². The van der Waals surface area contributed by atoms with E-state index in [1.54, 1.807) is 44.1 Å². The van der Waals surface area contributed by atoms with Gasteiger partial charge in [-0.2, -0.15) is 0 Å². The van der Waals surface area contributed by atoms with Crippen LogP contribution in [0.15, 0.2) is 42.5 Å². The van der Waals surface area contributed by atoms with Crippen LogP contribution in [0.4, 0.5) is 0 Å². The van der Waals surface area contributed by atoms with Crippen molar-refractivity contribution in [3.63, 3.8) is 0 Å². The van der Waals surface area contributed by atoms with Gasteiger partial charge < -0.3 is 0 Å². The average molecular weight is 463 g/mol. The summed E-state index contributed by atoms with van der Waals surface area (Å²) in [6, 6.07) is 11.2. The van der Waals surface area contributed by atoms with Gasteiger partial charge in [-0.15, -0.1) is 0 Å². The monoisotopic (exact) mass is 462 g/mol. The Labute approximate surface area is 212 Å². The maximum absolute atomic E-state index is 2.44. The highest BCUT2D eigenvalue weighted by Gasteiger charge is 2.31. The van der Waals surface area contributed by atoms with Gasteiger partial charge in [0.2, 0.25) is 0 Å². The summed E-state index contributed by atoms with van der Waals surface area (Å²) in [5, 5.41) is 0. The third-order valence-electron chi connectivity index (χ3n) is 10.4. The summed E-state index contributed by atoms with van der Waals surface area (Å²) in [5.41, 5.74) is 1.54. The van der Waals surface area contributed by atoms with Crippen LogP contribution in [0, 0.1) is 35.5 Å². The summed E-state index contributed by atoms with van der Waals surface area (Å²) in [6.07, 6.45) is 30.2. The molecule has 3 aliphatic rings. The lowest BCUT2D eigenvalue weighted by molar-refractivity contribution is 0.135. The van der Waals surface area contributed by atoms with Gasteiger partial charge in [0.15, 0.2) is 0 Å². The maximum atomic E-state index is 2.44. The molecular formula is C34H54. The summed E-state index contributed by atoms with van der Waals surface area (Å²) >= 11 is 0. The Hall–Kier alpha value is -1.04. The molecule has 0 aromatic heterocycles. The smallest absolute Gasteiger partial charge is 0.0188 e. The van der Waals surface area contributed by atoms with Crippen molar-refractivity contribution >= 4 is 0 Å². The highest BCUT2D eigenvalue weighted by atomic mass is 14.4. The van der Waals surface area contributed by atoms with Crippen LogP contribution in [0.3, 0.4) is 0 Å². The molecule has 0 amide bonds. The minimum Gasteiger partial charge on any atom is -0.0917 e. The van der Waals surface area contributed by atoms with Gasteiger partial charge in [0.1, 0.15) is 0 Å². The van der Waals surface area contributed by atoms with E-state index in [9.17, 15) is 0 Å². The lowest BCUT2D eigenvalue weighted by atomic mass is 9.67. The van der Waals surface area contributed by atoms with E-state index in [1.807, 2.05) is 0 Å². The fourth-order valence-corrected chi connectivity index (χ4v) is 8.04. The Kier molecular flexibility index (Phi) is 10.6. The fourth-order valence-electron chi connectivity index (χ4n) is 8.04. The molecule has 190 valence electrons. The number of rotatable bonds is 10. The molecule has 0 heteroatoms. The van der Waals surface area contributed by atoms with Gasteiger partial charge in [0.25, 0.3) is 0 Å². The van der Waals surface area contributed by atoms with Crippen LogP contribution in [0.5, 0.6) is 0 Å². The molecule has 3 aliphatic carbocycles. The average Bonchev–Trinajstić information content (AvgIpc) is 2.90. The van der Waals surface area contributed by atoms with Crippen LogP contribution >= 0.6 is 0 Å². The topological polar surface area (TPSA) is 0 Å². The third-order valence-corrected chi connectivity index (χ3v) is 10.4. The molecule has 0 unspecified atom stereocenters. The molecule has 0 N–H and O–H groups in total. The minimum atomic E-state index is 0.728. The molecule has 0 saturated heterocycles. The molecule has 4 rings (SSSR count). The first-order valence-electron chi connectivity index (χ1n) is 15.4. The van der Waals surface area contributed by atoms with Crippen LogP contribution in [-0.4, -0.2) is 0 Å². The SMILES string of the molecule is C/C=C/CCC1CCC(CCC2CCC(C3CCC(C[C@H](C)c4ccccc4)CC3)CC2)CC1. The van der Waals surface area contributed by atoms with Crippen molar-refractivity contribution in [3.05, 3.63) is 48.0 Å². The van der Waals surface area contributed by atoms with Crippen molar-refractivity contribution in [3.8, 4) is 0 Å². The molecule has 0 bridgehead atoms. The minimum absolute atomic E-state index is 0.728. The van der Waals surface area contributed by atoms with Gasteiger partial charge in [-0.1, -0.05) is 114 Å². The van der Waals surface area contributed by atoms with Crippen molar-refractivity contribution in [1.82, 2.24) is 0 Å². The standard InChI is InChI=1S/C34H54/c1-3-4-6-9-28-12-14-29(15-13-28)16-17-30-18-22-33(23-19-30)34-24-20-31(21-25-34)26-27(2)32-10-7-5-8-11-32/h3-5,7-8,10-11,27-31,33-34H,6,9,12-26H2,1-2H3/b4-3+/t27-,28?,29?,30?,31?,33?,34?/m0/s1. The second-order valence-electron chi connectivity index (χ2n) is 12.7. The van der Waals surface area contributed by atoms with Crippen LogP contribution in [0.2, 0.25) is 0 Å². The Morgan fingerprint density at radius 1 is 0.647 bits per heavy atom. The van der Waals surface area contributed by atoms with Crippen LogP contribution in [0.25, 0.3) is 0 Å². The zero-order valence-electron chi connectivity index (χ0n) is 22.6. The van der Waals surface area contributed by atoms with E-state index in [1.165, 1.54) is 70.6 Å². The van der Waals surface area contributed by atoms with Crippen molar-refractivity contribution in [2.75, 3.05) is 0 Å². The van der Waals surface area contributed by atoms with Crippen molar-refractivity contribution < 1.29 is 0 Å². The molecule has 1 atom stereocenters. The summed E-state index contributed by atoms with van der Waals surface area (Å²) < 4.78 is 0. The Bertz CT molecular complexity index is 678. The zero-order chi connectivity index (χ0) is 23.6. The van der Waals surface area contributed by atoms with Crippen molar-refractivity contribution in [1.29, 1.82) is 0 Å². The number of hydrogen-bond acceptors (Lipinski definition) is 0. The Morgan fingerprint density at radius 3 is 1.65 bits per heavy atom. The molecule has 3 saturated carbocycles. The second-order valence-corrected chi connectivity index (χ2v) is 12.7. The van der Waals surface area contributed by atoms with Gasteiger partial charge >= 0.3 is 0 Å². The first kappa shape index (κ1) is 26.0. The number of hydrogen-bond donors (Lipinski definition) is 0. The van der Waals surface area contributed by atoms with Gasteiger partial charge in [0, 0.05) is 0 Å². The fraction of sp³-hybridized carbons (Fsp3) is 0.765. The molecule has 0 radical (unpaired) electrons. The van der Waals surface area contributed by atoms with Crippen molar-refractivity contribution in [2.45, 2.75) is 129 Å². The van der Waals surface area contributed by atoms with Gasteiger partial charge in [-0.3, -0.25) is 0 Å². The molecule has 34 heavy (non-hydrogen) atoms. The Morgan fingerprint density at radius 2 is 1.12 bits per heavy atom. The van der Waals surface area contributed by atoms with Gasteiger partial charge in [0.05, 0.1) is 0 Å². The predicted octanol–water partition coefficient (Wildman–Crippen LogP) is 10.7. The summed E-state index contributed by atoms with van der Waals surface area (Å²) in [7, 11) is 0. The quantitative estimate of drug-likeness (QED) is 0.303. The summed E-state index contributed by atoms with van der Waals surface area (Å²) in [6.45, 7) is 4.60. The summed E-state index contributed by atoms with van der Waals surface area (Å²) in [4.78, 5) is 0. The first-order valence-corrected chi connectivity index (χ1v) is 15.4. The molecule has 1 aromatic rings. The van der Waals surface area contributed by atoms with Gasteiger partial charge in [-0.05, 0) is 98.9 Å². The highest BCUT2D eigenvalue weighted by Crippen LogP contribution is 2.44. The lowest BCUT2D eigenvalue weighted by Crippen LogP contribution is -2.26. The van der Waals surface area contributed by atoms with Gasteiger partial charge in [-0.25, -0.2) is 0 Å². The molecule has 0 aliphatic heterocycles. The lowest BCUT2D eigenvalue weighted by Gasteiger charge is -2.39. The van der Waals surface area contributed by atoms with E-state index in [-0.39, 0.29) is 0 Å². The van der Waals surface area contributed by atoms with Crippen LogP contribution < -0.4 is 0 Å². The van der Waals surface area contributed by atoms with E-state index < -0.39 is 0 Å². The first-order chi connectivity index (χ1) is 16.7. The highest BCUT2D eigenvalue weighted by molar-refractivity contribution is 5.18. The van der Waals surface area contributed by atoms with E-state index >= 15 is 0 Å². The van der Waals surface area contributed by atoms with E-state index in [2.05, 4.69) is 56.3 Å². The molecule has 0 heterocycles. The number of allylic oxidation sites excluding steroid dienone is 2. The molecule has 0 nitrogen and oxygen atoms in total. The predicted molar refractivity (Wildman–Crippen MR) is 149 cm³/mol. The molecule has 1 aromatic carbocycles. The molecule has 0 spiro atoms. The number of benzene rings is 1. The largest absolute Gasteiger partial charge is 0.0917 e. The van der Waals surface area contributed by atoms with Crippen LogP contribution in [0.1, 0.15) is 134 Å². The molecular weight excluding hydrogens is 408 g/mol. The summed E-state index contributed by atoms with van der Waals surface area (Å²) in [5.74, 6) is 6.97.